The van der Waals surface area contributed by atoms with Crippen LogP contribution in [-0.4, -0.2) is 13.4 Å². The molecule has 0 aliphatic rings. The van der Waals surface area contributed by atoms with E-state index in [4.69, 9.17) is 17.3 Å². The summed E-state index contributed by atoms with van der Waals surface area (Å²) in [4.78, 5) is 3.22. The van der Waals surface area contributed by atoms with Gasteiger partial charge in [0.1, 0.15) is 10.7 Å². The van der Waals surface area contributed by atoms with Crippen molar-refractivity contribution < 1.29 is 12.8 Å². The zero-order valence-electron chi connectivity index (χ0n) is 10.4. The SMILES string of the molecule is Cc1cc(N)cc(S(=O)(=O)Nc2cnccc2Cl)c1F. The van der Waals surface area contributed by atoms with Gasteiger partial charge in [-0.15, -0.1) is 0 Å². The fraction of sp³-hybridized carbons (Fsp3) is 0.0833. The highest BCUT2D eigenvalue weighted by atomic mass is 35.5. The summed E-state index contributed by atoms with van der Waals surface area (Å²) in [6.45, 7) is 1.43. The van der Waals surface area contributed by atoms with Gasteiger partial charge in [0.25, 0.3) is 10.0 Å². The van der Waals surface area contributed by atoms with Gasteiger partial charge in [0.15, 0.2) is 0 Å². The standard InChI is InChI=1S/C12H11ClFN3O2S/c1-7-4-8(15)5-11(12(7)14)20(18,19)17-10-6-16-3-2-9(10)13/h2-6,17H,15H2,1H3. The van der Waals surface area contributed by atoms with Crippen molar-refractivity contribution in [2.45, 2.75) is 11.8 Å². The quantitative estimate of drug-likeness (QED) is 0.852. The number of rotatable bonds is 3. The molecule has 20 heavy (non-hydrogen) atoms. The Hall–Kier alpha value is -1.86. The number of sulfonamides is 1. The molecule has 0 aliphatic heterocycles. The number of aromatic nitrogens is 1. The molecule has 0 fully saturated rings. The summed E-state index contributed by atoms with van der Waals surface area (Å²) < 4.78 is 40.5. The molecule has 106 valence electrons. The summed E-state index contributed by atoms with van der Waals surface area (Å²) in [6.07, 6.45) is 2.64. The molecule has 1 heterocycles. The summed E-state index contributed by atoms with van der Waals surface area (Å²) in [6, 6.07) is 3.82. The predicted molar refractivity (Wildman–Crippen MR) is 75.6 cm³/mol. The first-order valence-electron chi connectivity index (χ1n) is 5.49. The monoisotopic (exact) mass is 315 g/mol. The summed E-state index contributed by atoms with van der Waals surface area (Å²) >= 11 is 5.83. The average Bonchev–Trinajstić information content (AvgIpc) is 2.36. The smallest absolute Gasteiger partial charge is 0.265 e. The molecule has 0 radical (unpaired) electrons. The van der Waals surface area contributed by atoms with E-state index in [-0.39, 0.29) is 22.0 Å². The molecule has 3 N–H and O–H groups in total. The number of nitrogens with two attached hydrogens (primary N) is 1. The van der Waals surface area contributed by atoms with Crippen LogP contribution in [-0.2, 0) is 10.0 Å². The van der Waals surface area contributed by atoms with Gasteiger partial charge in [0.2, 0.25) is 0 Å². The maximum absolute atomic E-state index is 14.0. The van der Waals surface area contributed by atoms with Crippen LogP contribution in [0.5, 0.6) is 0 Å². The van der Waals surface area contributed by atoms with E-state index in [9.17, 15) is 12.8 Å². The number of hydrogen-bond donors (Lipinski definition) is 2. The van der Waals surface area contributed by atoms with E-state index in [2.05, 4.69) is 9.71 Å². The van der Waals surface area contributed by atoms with Gasteiger partial charge in [0, 0.05) is 11.9 Å². The Kier molecular flexibility index (Phi) is 3.82. The third-order valence-corrected chi connectivity index (χ3v) is 4.24. The summed E-state index contributed by atoms with van der Waals surface area (Å²) in [7, 11) is -4.14. The van der Waals surface area contributed by atoms with Crippen molar-refractivity contribution in [3.8, 4) is 0 Å². The molecule has 0 amide bonds. The van der Waals surface area contributed by atoms with E-state index in [0.717, 1.165) is 6.07 Å². The molecule has 2 rings (SSSR count). The largest absolute Gasteiger partial charge is 0.399 e. The number of nitrogen functional groups attached to an aromatic ring is 1. The van der Waals surface area contributed by atoms with Crippen molar-refractivity contribution in [3.63, 3.8) is 0 Å². The van der Waals surface area contributed by atoms with Crippen LogP contribution in [0.1, 0.15) is 5.56 Å². The van der Waals surface area contributed by atoms with Gasteiger partial charge < -0.3 is 5.73 Å². The maximum atomic E-state index is 14.0. The second kappa shape index (κ2) is 5.26. The van der Waals surface area contributed by atoms with E-state index in [0.29, 0.717) is 0 Å². The van der Waals surface area contributed by atoms with E-state index in [1.54, 1.807) is 0 Å². The zero-order valence-corrected chi connectivity index (χ0v) is 12.0. The Bertz CT molecular complexity index is 765. The lowest BCUT2D eigenvalue weighted by Gasteiger charge is -2.11. The lowest BCUT2D eigenvalue weighted by atomic mass is 10.2. The lowest BCUT2D eigenvalue weighted by molar-refractivity contribution is 0.565. The third kappa shape index (κ3) is 2.83. The van der Waals surface area contributed by atoms with Crippen LogP contribution in [0, 0.1) is 12.7 Å². The lowest BCUT2D eigenvalue weighted by Crippen LogP contribution is -2.16. The first-order valence-corrected chi connectivity index (χ1v) is 7.35. The highest BCUT2D eigenvalue weighted by Gasteiger charge is 2.22. The number of benzene rings is 1. The molecule has 0 aliphatic carbocycles. The van der Waals surface area contributed by atoms with Gasteiger partial charge >= 0.3 is 0 Å². The average molecular weight is 316 g/mol. The predicted octanol–water partition coefficient (Wildman–Crippen LogP) is 2.57. The van der Waals surface area contributed by atoms with Crippen molar-refractivity contribution in [2.24, 2.45) is 0 Å². The van der Waals surface area contributed by atoms with Crippen LogP contribution in [0.3, 0.4) is 0 Å². The summed E-state index contributed by atoms with van der Waals surface area (Å²) in [5.74, 6) is -0.855. The summed E-state index contributed by atoms with van der Waals surface area (Å²) in [5.41, 5.74) is 5.91. The van der Waals surface area contributed by atoms with Crippen LogP contribution >= 0.6 is 11.6 Å². The first-order chi connectivity index (χ1) is 9.31. The van der Waals surface area contributed by atoms with Crippen molar-refractivity contribution in [3.05, 3.63) is 47.0 Å². The van der Waals surface area contributed by atoms with Gasteiger partial charge in [-0.25, -0.2) is 12.8 Å². The Morgan fingerprint density at radius 3 is 2.75 bits per heavy atom. The molecule has 0 saturated heterocycles. The topological polar surface area (TPSA) is 85.1 Å². The van der Waals surface area contributed by atoms with Crippen LogP contribution in [0.25, 0.3) is 0 Å². The molecule has 0 bridgehead atoms. The highest BCUT2D eigenvalue weighted by Crippen LogP contribution is 2.26. The number of nitrogens with zero attached hydrogens (tertiary/aromatic N) is 1. The maximum Gasteiger partial charge on any atom is 0.265 e. The first kappa shape index (κ1) is 14.5. The second-order valence-corrected chi connectivity index (χ2v) is 6.17. The molecule has 0 atom stereocenters. The van der Waals surface area contributed by atoms with Crippen LogP contribution < -0.4 is 10.5 Å². The van der Waals surface area contributed by atoms with Crippen LogP contribution in [0.4, 0.5) is 15.8 Å². The van der Waals surface area contributed by atoms with Crippen molar-refractivity contribution >= 4 is 33.0 Å². The van der Waals surface area contributed by atoms with Gasteiger partial charge in [0.05, 0.1) is 16.9 Å². The number of anilines is 2. The third-order valence-electron chi connectivity index (χ3n) is 2.55. The Morgan fingerprint density at radius 1 is 1.40 bits per heavy atom. The minimum absolute atomic E-state index is 0.0636. The number of nitrogens with one attached hydrogen (secondary N) is 1. The van der Waals surface area contributed by atoms with Crippen molar-refractivity contribution in [1.29, 1.82) is 0 Å². The molecule has 5 nitrogen and oxygen atoms in total. The van der Waals surface area contributed by atoms with E-state index in [1.807, 2.05) is 0 Å². The van der Waals surface area contributed by atoms with E-state index in [1.165, 1.54) is 31.5 Å². The minimum Gasteiger partial charge on any atom is -0.399 e. The Morgan fingerprint density at radius 2 is 2.10 bits per heavy atom. The van der Waals surface area contributed by atoms with E-state index >= 15 is 0 Å². The second-order valence-electron chi connectivity index (χ2n) is 4.11. The van der Waals surface area contributed by atoms with Crippen LogP contribution in [0.2, 0.25) is 5.02 Å². The number of hydrogen-bond acceptors (Lipinski definition) is 4. The molecule has 1 aromatic carbocycles. The molecule has 0 spiro atoms. The van der Waals surface area contributed by atoms with Crippen molar-refractivity contribution in [1.82, 2.24) is 4.98 Å². The van der Waals surface area contributed by atoms with E-state index < -0.39 is 20.7 Å². The van der Waals surface area contributed by atoms with Gasteiger partial charge in [-0.3, -0.25) is 9.71 Å². The fourth-order valence-electron chi connectivity index (χ4n) is 1.61. The van der Waals surface area contributed by atoms with Crippen molar-refractivity contribution in [2.75, 3.05) is 10.5 Å². The molecular weight excluding hydrogens is 305 g/mol. The molecule has 0 saturated carbocycles. The normalized spacial score (nSPS) is 11.3. The molecule has 1 aromatic heterocycles. The molecule has 2 aromatic rings. The number of halogens is 2. The Balaban J connectivity index is 2.49. The Labute approximate surface area is 120 Å². The van der Waals surface area contributed by atoms with Gasteiger partial charge in [-0.1, -0.05) is 11.6 Å². The number of aryl methyl sites for hydroxylation is 1. The number of pyridine rings is 1. The highest BCUT2D eigenvalue weighted by molar-refractivity contribution is 7.92. The molecular formula is C12H11ClFN3O2S. The minimum atomic E-state index is -4.14. The van der Waals surface area contributed by atoms with Crippen LogP contribution in [0.15, 0.2) is 35.5 Å². The molecule has 8 heteroatoms. The fourth-order valence-corrected chi connectivity index (χ4v) is 3.07. The van der Waals surface area contributed by atoms with Gasteiger partial charge in [-0.05, 0) is 30.7 Å². The summed E-state index contributed by atoms with van der Waals surface area (Å²) in [5, 5.41) is 0.157. The van der Waals surface area contributed by atoms with Gasteiger partial charge in [-0.2, -0.15) is 0 Å². The molecule has 0 unspecified atom stereocenters. The zero-order chi connectivity index (χ0) is 14.9.